The first-order valence-electron chi connectivity index (χ1n) is 11.4. The van der Waals surface area contributed by atoms with Crippen LogP contribution in [-0.4, -0.2) is 74.1 Å². The first kappa shape index (κ1) is 29.3. The maximum absolute atomic E-state index is 11.8. The minimum Gasteiger partial charge on any atom is -0.469 e. The Labute approximate surface area is 199 Å². The second kappa shape index (κ2) is 15.3. The first-order valence-corrected chi connectivity index (χ1v) is 11.4. The van der Waals surface area contributed by atoms with Crippen molar-refractivity contribution in [3.8, 4) is 0 Å². The summed E-state index contributed by atoms with van der Waals surface area (Å²) in [5, 5.41) is 0. The van der Waals surface area contributed by atoms with Crippen LogP contribution in [0.25, 0.3) is 0 Å². The van der Waals surface area contributed by atoms with Gasteiger partial charge in [-0.3, -0.25) is 24.0 Å². The number of rotatable bonds is 13. The predicted molar refractivity (Wildman–Crippen MR) is 116 cm³/mol. The number of hydrogen-bond donors (Lipinski definition) is 0. The molecule has 1 saturated heterocycles. The summed E-state index contributed by atoms with van der Waals surface area (Å²) in [7, 11) is 1.36. The number of ether oxygens (including phenoxy) is 6. The standard InChI is InChI=1S/C23H36O11/c1-14(24)30-13-19-22(32-16(3)26)23(33-17(4)27)21(31-15(2)25)18(34-19)11-9-7-6-8-10-12-20(28)29-5/h18-19,21-23H,6-13H2,1-5H3/t18-,19+,21+,22+,23+/m0/s1. The summed E-state index contributed by atoms with van der Waals surface area (Å²) in [6, 6.07) is 0. The molecule has 0 unspecified atom stereocenters. The quantitative estimate of drug-likeness (QED) is 0.213. The molecule has 11 heteroatoms. The first-order chi connectivity index (χ1) is 16.0. The fourth-order valence-corrected chi connectivity index (χ4v) is 3.80. The zero-order valence-corrected chi connectivity index (χ0v) is 20.5. The molecule has 0 spiro atoms. The number of esters is 5. The van der Waals surface area contributed by atoms with Crippen molar-refractivity contribution in [3.05, 3.63) is 0 Å². The van der Waals surface area contributed by atoms with Gasteiger partial charge in [0, 0.05) is 34.1 Å². The molecule has 0 aromatic rings. The maximum Gasteiger partial charge on any atom is 0.305 e. The van der Waals surface area contributed by atoms with Gasteiger partial charge in [-0.1, -0.05) is 25.7 Å². The molecular weight excluding hydrogens is 452 g/mol. The molecule has 5 atom stereocenters. The third-order valence-electron chi connectivity index (χ3n) is 5.18. The van der Waals surface area contributed by atoms with Crippen LogP contribution < -0.4 is 0 Å². The maximum atomic E-state index is 11.8. The highest BCUT2D eigenvalue weighted by molar-refractivity contribution is 5.69. The zero-order chi connectivity index (χ0) is 25.7. The lowest BCUT2D eigenvalue weighted by molar-refractivity contribution is -0.253. The van der Waals surface area contributed by atoms with E-state index in [1.807, 2.05) is 0 Å². The van der Waals surface area contributed by atoms with Crippen LogP contribution in [0.3, 0.4) is 0 Å². The molecule has 0 aliphatic carbocycles. The van der Waals surface area contributed by atoms with Gasteiger partial charge in [0.05, 0.1) is 13.2 Å². The van der Waals surface area contributed by atoms with Gasteiger partial charge in [-0.2, -0.15) is 0 Å². The largest absolute Gasteiger partial charge is 0.469 e. The van der Waals surface area contributed by atoms with Gasteiger partial charge in [0.15, 0.2) is 18.3 Å². The average molecular weight is 489 g/mol. The molecular formula is C23H36O11. The van der Waals surface area contributed by atoms with E-state index >= 15 is 0 Å². The van der Waals surface area contributed by atoms with Gasteiger partial charge in [-0.05, 0) is 12.8 Å². The summed E-state index contributed by atoms with van der Waals surface area (Å²) < 4.78 is 32.0. The molecule has 1 heterocycles. The van der Waals surface area contributed by atoms with E-state index in [1.54, 1.807) is 0 Å². The molecule has 1 rings (SSSR count). The van der Waals surface area contributed by atoms with E-state index < -0.39 is 54.4 Å². The van der Waals surface area contributed by atoms with Crippen molar-refractivity contribution in [1.82, 2.24) is 0 Å². The summed E-state index contributed by atoms with van der Waals surface area (Å²) in [4.78, 5) is 57.9. The van der Waals surface area contributed by atoms with Crippen molar-refractivity contribution in [2.75, 3.05) is 13.7 Å². The summed E-state index contributed by atoms with van der Waals surface area (Å²) in [5.41, 5.74) is 0. The molecule has 0 N–H and O–H groups in total. The van der Waals surface area contributed by atoms with E-state index in [1.165, 1.54) is 34.8 Å². The van der Waals surface area contributed by atoms with Crippen LogP contribution in [0.15, 0.2) is 0 Å². The smallest absolute Gasteiger partial charge is 0.305 e. The van der Waals surface area contributed by atoms with Gasteiger partial charge >= 0.3 is 29.8 Å². The van der Waals surface area contributed by atoms with Crippen molar-refractivity contribution in [1.29, 1.82) is 0 Å². The Hall–Kier alpha value is -2.69. The molecule has 0 aromatic carbocycles. The zero-order valence-electron chi connectivity index (χ0n) is 20.5. The van der Waals surface area contributed by atoms with Crippen LogP contribution in [0.2, 0.25) is 0 Å². The monoisotopic (exact) mass is 488 g/mol. The molecule has 0 aromatic heterocycles. The van der Waals surface area contributed by atoms with Gasteiger partial charge in [0.25, 0.3) is 0 Å². The van der Waals surface area contributed by atoms with Crippen molar-refractivity contribution in [2.45, 2.75) is 103 Å². The lowest BCUT2D eigenvalue weighted by Crippen LogP contribution is -2.62. The van der Waals surface area contributed by atoms with Gasteiger partial charge in [-0.25, -0.2) is 0 Å². The van der Waals surface area contributed by atoms with E-state index in [2.05, 4.69) is 4.74 Å². The molecule has 1 aliphatic rings. The highest BCUT2D eigenvalue weighted by atomic mass is 16.7. The van der Waals surface area contributed by atoms with Crippen molar-refractivity contribution >= 4 is 29.8 Å². The number of carbonyl (C=O) groups excluding carboxylic acids is 5. The van der Waals surface area contributed by atoms with E-state index in [-0.39, 0.29) is 12.6 Å². The average Bonchev–Trinajstić information content (AvgIpc) is 2.74. The molecule has 34 heavy (non-hydrogen) atoms. The van der Waals surface area contributed by atoms with Crippen molar-refractivity contribution in [3.63, 3.8) is 0 Å². The third-order valence-corrected chi connectivity index (χ3v) is 5.18. The lowest BCUT2D eigenvalue weighted by Gasteiger charge is -2.44. The van der Waals surface area contributed by atoms with Gasteiger partial charge < -0.3 is 28.4 Å². The fraction of sp³-hybridized carbons (Fsp3) is 0.783. The van der Waals surface area contributed by atoms with Crippen molar-refractivity contribution in [2.24, 2.45) is 0 Å². The van der Waals surface area contributed by atoms with Crippen LogP contribution in [0, 0.1) is 0 Å². The molecule has 1 aliphatic heterocycles. The van der Waals surface area contributed by atoms with Gasteiger partial charge in [-0.15, -0.1) is 0 Å². The predicted octanol–water partition coefficient (Wildman–Crippen LogP) is 2.02. The molecule has 194 valence electrons. The van der Waals surface area contributed by atoms with E-state index in [0.717, 1.165) is 25.7 Å². The Morgan fingerprint density at radius 3 is 1.68 bits per heavy atom. The molecule has 11 nitrogen and oxygen atoms in total. The normalized spacial score (nSPS) is 24.0. The topological polar surface area (TPSA) is 141 Å². The second-order valence-electron chi connectivity index (χ2n) is 8.12. The second-order valence-corrected chi connectivity index (χ2v) is 8.12. The minimum absolute atomic E-state index is 0.234. The number of carbonyl (C=O) groups is 5. The van der Waals surface area contributed by atoms with Gasteiger partial charge in [0.2, 0.25) is 0 Å². The number of unbranched alkanes of at least 4 members (excludes halogenated alkanes) is 4. The Bertz CT molecular complexity index is 705. The molecule has 0 amide bonds. The van der Waals surface area contributed by atoms with Crippen molar-refractivity contribution < 1.29 is 52.4 Å². The molecule has 0 saturated carbocycles. The summed E-state index contributed by atoms with van der Waals surface area (Å²) in [6.45, 7) is 4.58. The highest BCUT2D eigenvalue weighted by Crippen LogP contribution is 2.31. The summed E-state index contributed by atoms with van der Waals surface area (Å²) >= 11 is 0. The Balaban J connectivity index is 2.94. The minimum atomic E-state index is -1.14. The van der Waals surface area contributed by atoms with Gasteiger partial charge in [0.1, 0.15) is 12.7 Å². The summed E-state index contributed by atoms with van der Waals surface area (Å²) in [5.74, 6) is -2.72. The molecule has 0 radical (unpaired) electrons. The van der Waals surface area contributed by atoms with Crippen LogP contribution in [0.5, 0.6) is 0 Å². The Kier molecular flexibility index (Phi) is 13.2. The molecule has 1 fully saturated rings. The third kappa shape index (κ3) is 11.0. The van der Waals surface area contributed by atoms with Crippen LogP contribution in [0.1, 0.15) is 72.6 Å². The van der Waals surface area contributed by atoms with Crippen LogP contribution in [0.4, 0.5) is 0 Å². The number of methoxy groups -OCH3 is 1. The SMILES string of the molecule is COC(=O)CCCCCCC[C@@H]1O[C@H](COC(C)=O)[C@@H](OC(C)=O)[C@H](OC(C)=O)[C@@H]1OC(C)=O. The van der Waals surface area contributed by atoms with E-state index in [4.69, 9.17) is 23.7 Å². The highest BCUT2D eigenvalue weighted by Gasteiger charge is 2.51. The van der Waals surface area contributed by atoms with E-state index in [0.29, 0.717) is 19.3 Å². The van der Waals surface area contributed by atoms with Crippen LogP contribution >= 0.6 is 0 Å². The number of hydrogen-bond acceptors (Lipinski definition) is 11. The Morgan fingerprint density at radius 2 is 1.15 bits per heavy atom. The summed E-state index contributed by atoms with van der Waals surface area (Å²) in [6.07, 6.45) is -0.0822. The fourth-order valence-electron chi connectivity index (χ4n) is 3.80. The Morgan fingerprint density at radius 1 is 0.647 bits per heavy atom. The van der Waals surface area contributed by atoms with Crippen LogP contribution in [-0.2, 0) is 52.4 Å². The lowest BCUT2D eigenvalue weighted by atomic mass is 9.91. The molecule has 0 bridgehead atoms. The van der Waals surface area contributed by atoms with E-state index in [9.17, 15) is 24.0 Å².